The van der Waals surface area contributed by atoms with Gasteiger partial charge in [0.2, 0.25) is 0 Å². The van der Waals surface area contributed by atoms with E-state index in [0.717, 1.165) is 12.1 Å². The number of carboxylic acids is 1. The Morgan fingerprint density at radius 1 is 1.38 bits per heavy atom. The summed E-state index contributed by atoms with van der Waals surface area (Å²) in [5.74, 6) is -2.21. The van der Waals surface area contributed by atoms with Crippen LogP contribution >= 0.6 is 0 Å². The minimum Gasteiger partial charge on any atom is -0.478 e. The lowest BCUT2D eigenvalue weighted by atomic mass is 10.1. The molecule has 0 radical (unpaired) electrons. The lowest BCUT2D eigenvalue weighted by Gasteiger charge is -2.42. The summed E-state index contributed by atoms with van der Waals surface area (Å²) >= 11 is 0. The molecule has 1 aliphatic heterocycles. The fourth-order valence-corrected chi connectivity index (χ4v) is 3.36. The number of carbonyl (C=O) groups excluding carboxylic acids is 1. The minimum atomic E-state index is -4.06. The maximum Gasteiger partial charge on any atom is 0.335 e. The first-order chi connectivity index (χ1) is 9.51. The molecule has 9 nitrogen and oxygen atoms in total. The van der Waals surface area contributed by atoms with Gasteiger partial charge in [-0.2, -0.15) is 4.31 Å². The van der Waals surface area contributed by atoms with Gasteiger partial charge in [0.1, 0.15) is 5.69 Å². The third-order valence-electron chi connectivity index (χ3n) is 3.22. The highest BCUT2D eigenvalue weighted by Gasteiger charge is 2.62. The number of aromatic carboxylic acids is 1. The van der Waals surface area contributed by atoms with E-state index < -0.39 is 42.9 Å². The van der Waals surface area contributed by atoms with Crippen molar-refractivity contribution in [2.75, 3.05) is 4.31 Å². The Bertz CT molecular complexity index is 782. The topological polar surface area (TPSA) is 135 Å². The van der Waals surface area contributed by atoms with Gasteiger partial charge in [-0.1, -0.05) is 0 Å². The molecule has 1 aromatic carbocycles. The minimum absolute atomic E-state index is 0.330. The monoisotopic (exact) mass is 314 g/mol. The molecule has 0 atom stereocenters. The summed E-state index contributed by atoms with van der Waals surface area (Å²) in [6, 6.07) is 2.65. The second-order valence-corrected chi connectivity index (χ2v) is 7.19. The summed E-state index contributed by atoms with van der Waals surface area (Å²) in [6.07, 6.45) is 0. The smallest absolute Gasteiger partial charge is 0.335 e. The zero-order valence-corrected chi connectivity index (χ0v) is 11.7. The van der Waals surface area contributed by atoms with E-state index in [1.54, 1.807) is 0 Å². The fourth-order valence-electron chi connectivity index (χ4n) is 1.87. The normalized spacial score (nSPS) is 19.0. The van der Waals surface area contributed by atoms with Gasteiger partial charge in [0.25, 0.3) is 21.6 Å². The summed E-state index contributed by atoms with van der Waals surface area (Å²) < 4.78 is 22.8. The molecular formula is C11H10N2O7S. The number of benzene rings is 1. The number of amides is 1. The number of nitro groups is 1. The van der Waals surface area contributed by atoms with Gasteiger partial charge in [-0.25, -0.2) is 13.2 Å². The van der Waals surface area contributed by atoms with Crippen molar-refractivity contribution >= 4 is 33.3 Å². The number of nitrogens with zero attached hydrogens (tertiary/aromatic N) is 2. The third-order valence-corrected chi connectivity index (χ3v) is 5.53. The molecule has 1 fully saturated rings. The zero-order valence-electron chi connectivity index (χ0n) is 10.9. The van der Waals surface area contributed by atoms with Gasteiger partial charge in [0.15, 0.2) is 4.75 Å². The van der Waals surface area contributed by atoms with Gasteiger partial charge in [-0.05, 0) is 26.0 Å². The van der Waals surface area contributed by atoms with E-state index in [2.05, 4.69) is 0 Å². The van der Waals surface area contributed by atoms with Crippen LogP contribution in [-0.4, -0.2) is 35.1 Å². The molecule has 1 saturated heterocycles. The van der Waals surface area contributed by atoms with Crippen LogP contribution < -0.4 is 4.31 Å². The van der Waals surface area contributed by atoms with Crippen LogP contribution in [0.4, 0.5) is 11.4 Å². The predicted octanol–water partition coefficient (Wildman–Crippen LogP) is 0.748. The second-order valence-electron chi connectivity index (χ2n) is 4.85. The lowest BCUT2D eigenvalue weighted by Crippen LogP contribution is -2.67. The van der Waals surface area contributed by atoms with E-state index in [-0.39, 0.29) is 5.56 Å². The molecular weight excluding hydrogens is 304 g/mol. The number of hydrogen-bond acceptors (Lipinski definition) is 6. The molecule has 1 aliphatic rings. The van der Waals surface area contributed by atoms with Crippen LogP contribution in [0.1, 0.15) is 24.2 Å². The summed E-state index contributed by atoms with van der Waals surface area (Å²) in [5.41, 5.74) is -1.60. The molecule has 112 valence electrons. The van der Waals surface area contributed by atoms with Crippen LogP contribution in [0.15, 0.2) is 18.2 Å². The molecule has 0 unspecified atom stereocenters. The molecule has 0 bridgehead atoms. The number of carbonyl (C=O) groups is 2. The zero-order chi connectivity index (χ0) is 16.2. The summed E-state index contributed by atoms with van der Waals surface area (Å²) in [5, 5.41) is 19.8. The van der Waals surface area contributed by atoms with E-state index in [4.69, 9.17) is 5.11 Å². The molecule has 0 aromatic heterocycles. The predicted molar refractivity (Wildman–Crippen MR) is 70.5 cm³/mol. The first-order valence-corrected chi connectivity index (χ1v) is 7.07. The lowest BCUT2D eigenvalue weighted by molar-refractivity contribution is -0.384. The van der Waals surface area contributed by atoms with Crippen molar-refractivity contribution in [2.24, 2.45) is 0 Å². The molecule has 21 heavy (non-hydrogen) atoms. The molecule has 1 amide bonds. The SMILES string of the molecule is CC1(C)C(=O)N(c2ccc(C(=O)O)cc2[N+](=O)[O-])S1(=O)=O. The van der Waals surface area contributed by atoms with Crippen molar-refractivity contribution < 1.29 is 28.0 Å². The van der Waals surface area contributed by atoms with Crippen molar-refractivity contribution in [1.29, 1.82) is 0 Å². The van der Waals surface area contributed by atoms with E-state index in [1.807, 2.05) is 0 Å². The van der Waals surface area contributed by atoms with Crippen LogP contribution in [0.3, 0.4) is 0 Å². The molecule has 0 aliphatic carbocycles. The first kappa shape index (κ1) is 14.9. The highest BCUT2D eigenvalue weighted by molar-refractivity contribution is 7.98. The number of nitro benzene ring substituents is 1. The van der Waals surface area contributed by atoms with Gasteiger partial charge >= 0.3 is 5.97 Å². The highest BCUT2D eigenvalue weighted by atomic mass is 32.2. The van der Waals surface area contributed by atoms with Crippen molar-refractivity contribution in [3.63, 3.8) is 0 Å². The number of carboxylic acid groups (broad SMARTS) is 1. The summed E-state index contributed by atoms with van der Waals surface area (Å²) in [7, 11) is -4.06. The van der Waals surface area contributed by atoms with Crippen LogP contribution in [0.2, 0.25) is 0 Å². The van der Waals surface area contributed by atoms with Crippen molar-refractivity contribution in [3.8, 4) is 0 Å². The second kappa shape index (κ2) is 4.25. The Hall–Kier alpha value is -2.49. The Morgan fingerprint density at radius 2 is 1.95 bits per heavy atom. The molecule has 2 rings (SSSR count). The molecule has 1 heterocycles. The maximum atomic E-state index is 12.0. The Balaban J connectivity index is 2.64. The average molecular weight is 314 g/mol. The fraction of sp³-hybridized carbons (Fsp3) is 0.273. The van der Waals surface area contributed by atoms with Crippen LogP contribution in [-0.2, 0) is 14.8 Å². The number of anilines is 1. The Kier molecular flexibility index (Phi) is 3.02. The average Bonchev–Trinajstić information content (AvgIpc) is 2.38. The van der Waals surface area contributed by atoms with Crippen molar-refractivity contribution in [2.45, 2.75) is 18.6 Å². The molecule has 10 heteroatoms. The van der Waals surface area contributed by atoms with E-state index in [9.17, 15) is 28.1 Å². The van der Waals surface area contributed by atoms with E-state index in [1.165, 1.54) is 13.8 Å². The van der Waals surface area contributed by atoms with Crippen molar-refractivity contribution in [1.82, 2.24) is 0 Å². The molecule has 0 saturated carbocycles. The summed E-state index contributed by atoms with van der Waals surface area (Å²) in [6.45, 7) is 2.39. The molecule has 1 aromatic rings. The summed E-state index contributed by atoms with van der Waals surface area (Å²) in [4.78, 5) is 32.8. The molecule has 1 N–H and O–H groups in total. The number of hydrogen-bond donors (Lipinski definition) is 1. The van der Waals surface area contributed by atoms with Crippen molar-refractivity contribution in [3.05, 3.63) is 33.9 Å². The third kappa shape index (κ3) is 1.87. The maximum absolute atomic E-state index is 12.0. The van der Waals surface area contributed by atoms with Gasteiger partial charge in [0, 0.05) is 6.07 Å². The van der Waals surface area contributed by atoms with Gasteiger partial charge < -0.3 is 5.11 Å². The standard InChI is InChI=1S/C11H10N2O7S/c1-11(2)10(16)12(21(11,19)20)7-4-3-6(9(14)15)5-8(7)13(17)18/h3-5H,1-2H3,(H,14,15). The van der Waals surface area contributed by atoms with Crippen LogP contribution in [0, 0.1) is 10.1 Å². The quantitative estimate of drug-likeness (QED) is 0.642. The van der Waals surface area contributed by atoms with Crippen LogP contribution in [0.5, 0.6) is 0 Å². The van der Waals surface area contributed by atoms with Gasteiger partial charge in [-0.15, -0.1) is 0 Å². The van der Waals surface area contributed by atoms with Gasteiger partial charge in [0.05, 0.1) is 10.5 Å². The van der Waals surface area contributed by atoms with Crippen LogP contribution in [0.25, 0.3) is 0 Å². The first-order valence-electron chi connectivity index (χ1n) is 5.63. The largest absolute Gasteiger partial charge is 0.478 e. The Morgan fingerprint density at radius 3 is 2.38 bits per heavy atom. The Labute approximate surface area is 119 Å². The van der Waals surface area contributed by atoms with Gasteiger partial charge in [-0.3, -0.25) is 14.9 Å². The number of sulfonamides is 1. The van der Waals surface area contributed by atoms with E-state index in [0.29, 0.717) is 10.4 Å². The number of rotatable bonds is 3. The van der Waals surface area contributed by atoms with E-state index >= 15 is 0 Å². The molecule has 0 spiro atoms. The highest BCUT2D eigenvalue weighted by Crippen LogP contribution is 2.42.